The molecule has 0 unspecified atom stereocenters. The van der Waals surface area contributed by atoms with Crippen LogP contribution in [-0.2, 0) is 4.74 Å². The van der Waals surface area contributed by atoms with Crippen LogP contribution in [0.25, 0.3) is 17.2 Å². The molecule has 2 aromatic heterocycles. The maximum atomic E-state index is 10.6. The van der Waals surface area contributed by atoms with Gasteiger partial charge in [-0.3, -0.25) is 4.57 Å². The number of imidazole rings is 1. The van der Waals surface area contributed by atoms with E-state index in [4.69, 9.17) is 15.7 Å². The Hall–Kier alpha value is -3.36. The predicted molar refractivity (Wildman–Crippen MR) is 113 cm³/mol. The first kappa shape index (κ1) is 20.9. The molecule has 4 atom stereocenters. The zero-order valence-electron chi connectivity index (χ0n) is 16.9. The molecule has 0 amide bonds. The maximum Gasteiger partial charge on any atom is 0.167 e. The Balaban J connectivity index is 1.39. The van der Waals surface area contributed by atoms with Gasteiger partial charge in [-0.25, -0.2) is 15.0 Å². The Kier molecular flexibility index (Phi) is 5.92. The van der Waals surface area contributed by atoms with Crippen molar-refractivity contribution in [2.24, 2.45) is 0 Å². The summed E-state index contributed by atoms with van der Waals surface area (Å²) in [6.45, 7) is 1.03. The summed E-state index contributed by atoms with van der Waals surface area (Å²) >= 11 is 0. The lowest BCUT2D eigenvalue weighted by Crippen LogP contribution is -2.38. The lowest BCUT2D eigenvalue weighted by atomic mass is 10.1. The van der Waals surface area contributed by atoms with Crippen molar-refractivity contribution in [2.75, 3.05) is 25.9 Å². The van der Waals surface area contributed by atoms with Crippen molar-refractivity contribution in [2.45, 2.75) is 24.5 Å². The van der Waals surface area contributed by atoms with E-state index in [1.165, 1.54) is 12.7 Å². The molecule has 0 spiro atoms. The summed E-state index contributed by atoms with van der Waals surface area (Å²) in [5, 5.41) is 29.9. The van der Waals surface area contributed by atoms with Gasteiger partial charge in [-0.2, -0.15) is 5.26 Å². The highest BCUT2D eigenvalue weighted by Crippen LogP contribution is 2.32. The number of fused-ring (bicyclic) bond motifs is 1. The Labute approximate surface area is 178 Å². The van der Waals surface area contributed by atoms with E-state index in [-0.39, 0.29) is 5.82 Å². The van der Waals surface area contributed by atoms with Crippen molar-refractivity contribution >= 4 is 23.1 Å². The number of benzene rings is 1. The summed E-state index contributed by atoms with van der Waals surface area (Å²) in [7, 11) is 1.90. The first-order chi connectivity index (χ1) is 15.0. The molecule has 1 aromatic carbocycles. The Bertz CT molecular complexity index is 1120. The minimum Gasteiger partial charge on any atom is -0.387 e. The van der Waals surface area contributed by atoms with Gasteiger partial charge < -0.3 is 25.6 Å². The van der Waals surface area contributed by atoms with Crippen LogP contribution in [0.3, 0.4) is 0 Å². The van der Waals surface area contributed by atoms with E-state index in [1.54, 1.807) is 16.7 Å². The summed E-state index contributed by atoms with van der Waals surface area (Å²) < 4.78 is 7.53. The van der Waals surface area contributed by atoms with Crippen molar-refractivity contribution in [1.82, 2.24) is 24.4 Å². The summed E-state index contributed by atoms with van der Waals surface area (Å²) in [5.74, 6) is 0.238. The molecule has 1 saturated heterocycles. The van der Waals surface area contributed by atoms with Gasteiger partial charge in [0.1, 0.15) is 30.2 Å². The highest BCUT2D eigenvalue weighted by Gasteiger charge is 2.44. The SMILES string of the molecule is CN(C/C=C/c1ccc(C#N)cc1)C[C@H]1O[C@@H](n2cnc3c(N)ncnc32)[C@H](O)[C@@H]1O. The van der Waals surface area contributed by atoms with Crippen molar-refractivity contribution in [3.63, 3.8) is 0 Å². The normalized spacial score (nSPS) is 23.7. The van der Waals surface area contributed by atoms with Gasteiger partial charge in [-0.1, -0.05) is 24.3 Å². The van der Waals surface area contributed by atoms with Gasteiger partial charge in [0.25, 0.3) is 0 Å². The third-order valence-corrected chi connectivity index (χ3v) is 5.26. The average molecular weight is 421 g/mol. The summed E-state index contributed by atoms with van der Waals surface area (Å²) in [6, 6.07) is 9.39. The molecular formula is C21H23N7O3. The van der Waals surface area contributed by atoms with Crippen LogP contribution >= 0.6 is 0 Å². The number of nitriles is 1. The lowest BCUT2D eigenvalue weighted by molar-refractivity contribution is -0.0414. The Morgan fingerprint density at radius 2 is 2.00 bits per heavy atom. The molecule has 0 radical (unpaired) electrons. The largest absolute Gasteiger partial charge is 0.387 e. The number of nitrogens with two attached hydrogens (primary N) is 1. The van der Waals surface area contributed by atoms with Crippen LogP contribution in [-0.4, -0.2) is 73.1 Å². The molecule has 10 nitrogen and oxygen atoms in total. The summed E-state index contributed by atoms with van der Waals surface area (Å²) in [5.41, 5.74) is 8.28. The van der Waals surface area contributed by atoms with Crippen molar-refractivity contribution in [3.05, 3.63) is 54.1 Å². The number of aliphatic hydroxyl groups is 2. The third-order valence-electron chi connectivity index (χ3n) is 5.26. The minimum atomic E-state index is -1.14. The van der Waals surface area contributed by atoms with Crippen molar-refractivity contribution in [1.29, 1.82) is 5.26 Å². The van der Waals surface area contributed by atoms with E-state index in [1.807, 2.05) is 36.2 Å². The number of likely N-dealkylation sites (N-methyl/N-ethyl adjacent to an activating group) is 1. The van der Waals surface area contributed by atoms with Gasteiger partial charge in [0.15, 0.2) is 17.7 Å². The molecule has 0 aliphatic carbocycles. The molecular weight excluding hydrogens is 398 g/mol. The quantitative estimate of drug-likeness (QED) is 0.519. The number of anilines is 1. The van der Waals surface area contributed by atoms with E-state index in [2.05, 4.69) is 21.0 Å². The van der Waals surface area contributed by atoms with E-state index >= 15 is 0 Å². The molecule has 10 heteroatoms. The smallest absolute Gasteiger partial charge is 0.167 e. The molecule has 0 saturated carbocycles. The zero-order chi connectivity index (χ0) is 22.0. The second-order valence-corrected chi connectivity index (χ2v) is 7.49. The van der Waals surface area contributed by atoms with Crippen LogP contribution in [0.5, 0.6) is 0 Å². The van der Waals surface area contributed by atoms with Crippen molar-refractivity contribution in [3.8, 4) is 6.07 Å². The Morgan fingerprint density at radius 1 is 1.23 bits per heavy atom. The van der Waals surface area contributed by atoms with Gasteiger partial charge in [-0.05, 0) is 24.7 Å². The molecule has 4 N–H and O–H groups in total. The molecule has 31 heavy (non-hydrogen) atoms. The zero-order valence-corrected chi connectivity index (χ0v) is 16.9. The van der Waals surface area contributed by atoms with E-state index < -0.39 is 24.5 Å². The van der Waals surface area contributed by atoms with Gasteiger partial charge in [0, 0.05) is 13.1 Å². The average Bonchev–Trinajstić information content (AvgIpc) is 3.32. The van der Waals surface area contributed by atoms with Gasteiger partial charge in [0.05, 0.1) is 18.0 Å². The molecule has 1 aliphatic heterocycles. The molecule has 0 bridgehead atoms. The van der Waals surface area contributed by atoms with Gasteiger partial charge >= 0.3 is 0 Å². The Morgan fingerprint density at radius 3 is 2.74 bits per heavy atom. The fourth-order valence-corrected chi connectivity index (χ4v) is 3.59. The molecule has 160 valence electrons. The van der Waals surface area contributed by atoms with E-state index in [9.17, 15) is 10.2 Å². The highest BCUT2D eigenvalue weighted by molar-refractivity contribution is 5.81. The topological polar surface area (TPSA) is 146 Å². The minimum absolute atomic E-state index is 0.238. The molecule has 3 aromatic rings. The van der Waals surface area contributed by atoms with Gasteiger partial charge in [-0.15, -0.1) is 0 Å². The standard InChI is InChI=1S/C21H23N7O3/c1-27(8-2-3-13-4-6-14(9-22)7-5-13)10-15-17(29)18(30)21(31-15)28-12-26-16-19(23)24-11-25-20(16)28/h2-7,11-12,15,17-18,21,29-30H,8,10H2,1H3,(H2,23,24,25)/b3-2+/t15-,17-,18-,21-/m1/s1. The molecule has 1 aliphatic rings. The van der Waals surface area contributed by atoms with Crippen LogP contribution in [0.4, 0.5) is 5.82 Å². The second-order valence-electron chi connectivity index (χ2n) is 7.49. The van der Waals surface area contributed by atoms with E-state index in [0.717, 1.165) is 5.56 Å². The lowest BCUT2D eigenvalue weighted by Gasteiger charge is -2.21. The fourth-order valence-electron chi connectivity index (χ4n) is 3.59. The fraction of sp³-hybridized carbons (Fsp3) is 0.333. The number of aromatic nitrogens is 4. The van der Waals surface area contributed by atoms with Crippen LogP contribution in [0, 0.1) is 11.3 Å². The van der Waals surface area contributed by atoms with Crippen LogP contribution in [0.2, 0.25) is 0 Å². The number of hydrogen-bond donors (Lipinski definition) is 3. The highest BCUT2D eigenvalue weighted by atomic mass is 16.6. The maximum absolute atomic E-state index is 10.6. The van der Waals surface area contributed by atoms with E-state index in [0.29, 0.717) is 29.8 Å². The number of rotatable bonds is 6. The molecule has 3 heterocycles. The first-order valence-electron chi connectivity index (χ1n) is 9.78. The third kappa shape index (κ3) is 4.26. The summed E-state index contributed by atoms with van der Waals surface area (Å²) in [6.07, 6.45) is 3.12. The van der Waals surface area contributed by atoms with Crippen LogP contribution in [0.1, 0.15) is 17.4 Å². The van der Waals surface area contributed by atoms with Gasteiger partial charge in [0.2, 0.25) is 0 Å². The molecule has 1 fully saturated rings. The van der Waals surface area contributed by atoms with Crippen LogP contribution < -0.4 is 5.73 Å². The van der Waals surface area contributed by atoms with Crippen molar-refractivity contribution < 1.29 is 14.9 Å². The predicted octanol–water partition coefficient (Wildman–Crippen LogP) is 0.545. The number of nitrogen functional groups attached to an aromatic ring is 1. The number of aliphatic hydroxyl groups excluding tert-OH is 2. The monoisotopic (exact) mass is 421 g/mol. The first-order valence-corrected chi connectivity index (χ1v) is 9.78. The number of ether oxygens (including phenoxy) is 1. The number of nitrogens with zero attached hydrogens (tertiary/aromatic N) is 6. The second kappa shape index (κ2) is 8.79. The van der Waals surface area contributed by atoms with Crippen LogP contribution in [0.15, 0.2) is 43.0 Å². The molecule has 4 rings (SSSR count). The number of hydrogen-bond acceptors (Lipinski definition) is 9. The summed E-state index contributed by atoms with van der Waals surface area (Å²) in [4.78, 5) is 14.2.